The summed E-state index contributed by atoms with van der Waals surface area (Å²) in [6, 6.07) is 1.72. The molecule has 0 aliphatic rings. The standard InChI is InChI=1S/C11H13N3O3S/c1-3-8-13-14-11(18-8)12-6-7-4-5-17-9(7)10(15)16-2/h4-5H,3,6H2,1-2H3,(H,12,14). The van der Waals surface area contributed by atoms with E-state index in [0.29, 0.717) is 6.54 Å². The largest absolute Gasteiger partial charge is 0.463 e. The van der Waals surface area contributed by atoms with Crippen molar-refractivity contribution < 1.29 is 13.9 Å². The zero-order valence-electron chi connectivity index (χ0n) is 10.1. The summed E-state index contributed by atoms with van der Waals surface area (Å²) in [4.78, 5) is 11.4. The number of hydrogen-bond acceptors (Lipinski definition) is 7. The molecule has 18 heavy (non-hydrogen) atoms. The Hall–Kier alpha value is -1.89. The minimum Gasteiger partial charge on any atom is -0.463 e. The topological polar surface area (TPSA) is 77.3 Å². The number of nitrogens with one attached hydrogen (secondary N) is 1. The third-order valence-corrected chi connectivity index (χ3v) is 3.34. The van der Waals surface area contributed by atoms with Crippen molar-refractivity contribution in [1.82, 2.24) is 10.2 Å². The lowest BCUT2D eigenvalue weighted by Gasteiger charge is -2.01. The van der Waals surface area contributed by atoms with Gasteiger partial charge in [0.2, 0.25) is 10.9 Å². The van der Waals surface area contributed by atoms with Crippen LogP contribution in [-0.4, -0.2) is 23.3 Å². The summed E-state index contributed by atoms with van der Waals surface area (Å²) >= 11 is 1.49. The van der Waals surface area contributed by atoms with Crippen LogP contribution in [0, 0.1) is 0 Å². The number of carbonyl (C=O) groups excluding carboxylic acids is 1. The van der Waals surface area contributed by atoms with Crippen LogP contribution in [0.5, 0.6) is 0 Å². The van der Waals surface area contributed by atoms with Crippen molar-refractivity contribution in [2.75, 3.05) is 12.4 Å². The Kier molecular flexibility index (Phi) is 3.93. The minimum atomic E-state index is -0.483. The molecule has 0 amide bonds. The Labute approximate surface area is 108 Å². The Morgan fingerprint density at radius 3 is 3.06 bits per heavy atom. The Balaban J connectivity index is 2.02. The van der Waals surface area contributed by atoms with Gasteiger partial charge in [-0.05, 0) is 12.5 Å². The fourth-order valence-corrected chi connectivity index (χ4v) is 2.06. The molecule has 2 rings (SSSR count). The molecule has 0 saturated carbocycles. The van der Waals surface area contributed by atoms with E-state index in [4.69, 9.17) is 4.42 Å². The molecule has 6 nitrogen and oxygen atoms in total. The molecule has 2 aromatic heterocycles. The second kappa shape index (κ2) is 5.63. The number of hydrogen-bond donors (Lipinski definition) is 1. The molecule has 0 saturated heterocycles. The molecule has 1 N–H and O–H groups in total. The lowest BCUT2D eigenvalue weighted by molar-refractivity contribution is 0.0563. The van der Waals surface area contributed by atoms with Crippen molar-refractivity contribution in [3.63, 3.8) is 0 Å². The van der Waals surface area contributed by atoms with Gasteiger partial charge in [-0.15, -0.1) is 10.2 Å². The minimum absolute atomic E-state index is 0.213. The normalized spacial score (nSPS) is 10.3. The molecule has 2 aromatic rings. The number of rotatable bonds is 5. The van der Waals surface area contributed by atoms with Crippen LogP contribution in [0.25, 0.3) is 0 Å². The molecule has 96 valence electrons. The maximum Gasteiger partial charge on any atom is 0.374 e. The van der Waals surface area contributed by atoms with Crippen molar-refractivity contribution in [3.05, 3.63) is 28.7 Å². The predicted octanol–water partition coefficient (Wildman–Crippen LogP) is 2.09. The summed E-state index contributed by atoms with van der Waals surface area (Å²) in [6.07, 6.45) is 2.32. The van der Waals surface area contributed by atoms with Gasteiger partial charge in [0, 0.05) is 12.1 Å². The van der Waals surface area contributed by atoms with Crippen molar-refractivity contribution in [1.29, 1.82) is 0 Å². The zero-order chi connectivity index (χ0) is 13.0. The highest BCUT2D eigenvalue weighted by Gasteiger charge is 2.15. The highest BCUT2D eigenvalue weighted by atomic mass is 32.1. The number of carbonyl (C=O) groups is 1. The molecule has 0 bridgehead atoms. The van der Waals surface area contributed by atoms with Gasteiger partial charge in [0.1, 0.15) is 5.01 Å². The third-order valence-electron chi connectivity index (χ3n) is 2.32. The molecule has 7 heteroatoms. The number of ether oxygens (including phenoxy) is 1. The van der Waals surface area contributed by atoms with E-state index in [9.17, 15) is 4.79 Å². The van der Waals surface area contributed by atoms with Crippen LogP contribution in [0.1, 0.15) is 28.0 Å². The first-order chi connectivity index (χ1) is 8.74. The maximum atomic E-state index is 11.4. The van der Waals surface area contributed by atoms with Gasteiger partial charge in [-0.2, -0.15) is 0 Å². The van der Waals surface area contributed by atoms with E-state index in [0.717, 1.165) is 22.1 Å². The molecule has 2 heterocycles. The van der Waals surface area contributed by atoms with E-state index < -0.39 is 5.97 Å². The van der Waals surface area contributed by atoms with Crippen molar-refractivity contribution >= 4 is 22.4 Å². The number of methoxy groups -OCH3 is 1. The quantitative estimate of drug-likeness (QED) is 0.836. The van der Waals surface area contributed by atoms with Crippen LogP contribution in [0.3, 0.4) is 0 Å². The molecular formula is C11H13N3O3S. The molecule has 0 atom stereocenters. The predicted molar refractivity (Wildman–Crippen MR) is 66.7 cm³/mol. The fourth-order valence-electron chi connectivity index (χ4n) is 1.39. The average molecular weight is 267 g/mol. The van der Waals surface area contributed by atoms with Gasteiger partial charge in [0.25, 0.3) is 0 Å². The summed E-state index contributed by atoms with van der Waals surface area (Å²) in [5, 5.41) is 12.8. The second-order valence-corrected chi connectivity index (χ2v) is 4.54. The Bertz CT molecular complexity index is 535. The molecular weight excluding hydrogens is 254 g/mol. The Morgan fingerprint density at radius 1 is 1.56 bits per heavy atom. The first kappa shape index (κ1) is 12.6. The first-order valence-corrected chi connectivity index (χ1v) is 6.27. The maximum absolute atomic E-state index is 11.4. The van der Waals surface area contributed by atoms with Crippen LogP contribution in [0.4, 0.5) is 5.13 Å². The molecule has 0 aliphatic carbocycles. The van der Waals surface area contributed by atoms with E-state index >= 15 is 0 Å². The summed E-state index contributed by atoms with van der Waals surface area (Å²) < 4.78 is 9.71. The lowest BCUT2D eigenvalue weighted by atomic mass is 10.2. The van der Waals surface area contributed by atoms with Crippen molar-refractivity contribution in [2.45, 2.75) is 19.9 Å². The van der Waals surface area contributed by atoms with Crippen LogP contribution >= 0.6 is 11.3 Å². The molecule has 0 spiro atoms. The summed E-state index contributed by atoms with van der Waals surface area (Å²) in [6.45, 7) is 2.47. The highest BCUT2D eigenvalue weighted by Crippen LogP contribution is 2.18. The third kappa shape index (κ3) is 2.67. The van der Waals surface area contributed by atoms with Crippen molar-refractivity contribution in [3.8, 4) is 0 Å². The van der Waals surface area contributed by atoms with Gasteiger partial charge in [0.15, 0.2) is 0 Å². The fraction of sp³-hybridized carbons (Fsp3) is 0.364. The molecule has 0 fully saturated rings. The second-order valence-electron chi connectivity index (χ2n) is 3.47. The monoisotopic (exact) mass is 267 g/mol. The number of esters is 1. The number of nitrogens with zero attached hydrogens (tertiary/aromatic N) is 2. The number of aryl methyl sites for hydroxylation is 1. The molecule has 0 aliphatic heterocycles. The van der Waals surface area contributed by atoms with Gasteiger partial charge >= 0.3 is 5.97 Å². The zero-order valence-corrected chi connectivity index (χ0v) is 10.9. The van der Waals surface area contributed by atoms with Gasteiger partial charge in [-0.25, -0.2) is 4.79 Å². The van der Waals surface area contributed by atoms with E-state index in [1.54, 1.807) is 6.07 Å². The summed E-state index contributed by atoms with van der Waals surface area (Å²) in [7, 11) is 1.32. The van der Waals surface area contributed by atoms with Crippen LogP contribution in [-0.2, 0) is 17.7 Å². The molecule has 0 unspecified atom stereocenters. The smallest absolute Gasteiger partial charge is 0.374 e. The SMILES string of the molecule is CCc1nnc(NCc2ccoc2C(=O)OC)s1. The molecule has 0 radical (unpaired) electrons. The van der Waals surface area contributed by atoms with Crippen LogP contribution in [0.15, 0.2) is 16.7 Å². The van der Waals surface area contributed by atoms with E-state index in [-0.39, 0.29) is 5.76 Å². The summed E-state index contributed by atoms with van der Waals surface area (Å²) in [5.74, 6) is -0.270. The van der Waals surface area contributed by atoms with Crippen LogP contribution < -0.4 is 5.32 Å². The van der Waals surface area contributed by atoms with Crippen molar-refractivity contribution in [2.24, 2.45) is 0 Å². The van der Waals surface area contributed by atoms with Gasteiger partial charge < -0.3 is 14.5 Å². The summed E-state index contributed by atoms with van der Waals surface area (Å²) in [5.41, 5.74) is 0.732. The van der Waals surface area contributed by atoms with E-state index in [2.05, 4.69) is 20.3 Å². The lowest BCUT2D eigenvalue weighted by Crippen LogP contribution is -2.06. The number of anilines is 1. The van der Waals surface area contributed by atoms with E-state index in [1.165, 1.54) is 24.7 Å². The van der Waals surface area contributed by atoms with Gasteiger partial charge in [0.05, 0.1) is 13.4 Å². The van der Waals surface area contributed by atoms with E-state index in [1.807, 2.05) is 6.92 Å². The average Bonchev–Trinajstić information content (AvgIpc) is 3.03. The van der Waals surface area contributed by atoms with Gasteiger partial charge in [-0.1, -0.05) is 18.3 Å². The Morgan fingerprint density at radius 2 is 2.39 bits per heavy atom. The number of furan rings is 1. The molecule has 0 aromatic carbocycles. The van der Waals surface area contributed by atoms with Crippen LogP contribution in [0.2, 0.25) is 0 Å². The van der Waals surface area contributed by atoms with Gasteiger partial charge in [-0.3, -0.25) is 0 Å². The highest BCUT2D eigenvalue weighted by molar-refractivity contribution is 7.15. The number of aromatic nitrogens is 2. The first-order valence-electron chi connectivity index (χ1n) is 5.45.